The average molecular weight is 382 g/mol. The lowest BCUT2D eigenvalue weighted by Crippen LogP contribution is -2.20. The van der Waals surface area contributed by atoms with E-state index in [4.69, 9.17) is 10.7 Å². The van der Waals surface area contributed by atoms with Crippen molar-refractivity contribution in [1.29, 1.82) is 0 Å². The van der Waals surface area contributed by atoms with Crippen molar-refractivity contribution in [3.8, 4) is 10.6 Å². The summed E-state index contributed by atoms with van der Waals surface area (Å²) in [6, 6.07) is 31.1. The van der Waals surface area contributed by atoms with Gasteiger partial charge >= 0.3 is 0 Å². The molecule has 1 unspecified atom stereocenters. The fourth-order valence-electron chi connectivity index (χ4n) is 3.52. The average Bonchev–Trinajstić information content (AvgIpc) is 3.18. The maximum absolute atomic E-state index is 6.52. The van der Waals surface area contributed by atoms with Crippen LogP contribution in [0.3, 0.4) is 0 Å². The number of rotatable bonds is 4. The number of nitrogens with two attached hydrogens (primary N) is 1. The SMILES string of the molecule is NC(Nc1cccc(-c2nc3ccccc3s2)c1)c1cccc2ccccc12. The minimum atomic E-state index is -0.295. The van der Waals surface area contributed by atoms with Gasteiger partial charge < -0.3 is 11.1 Å². The van der Waals surface area contributed by atoms with E-state index in [9.17, 15) is 0 Å². The van der Waals surface area contributed by atoms with Crippen molar-refractivity contribution in [3.05, 3.63) is 96.6 Å². The first kappa shape index (κ1) is 16.9. The van der Waals surface area contributed by atoms with Gasteiger partial charge in [-0.2, -0.15) is 0 Å². The summed E-state index contributed by atoms with van der Waals surface area (Å²) in [5, 5.41) is 6.83. The van der Waals surface area contributed by atoms with Crippen LogP contribution in [0.5, 0.6) is 0 Å². The number of thiazole rings is 1. The Bertz CT molecular complexity index is 1240. The number of fused-ring (bicyclic) bond motifs is 2. The highest BCUT2D eigenvalue weighted by Gasteiger charge is 2.11. The molecule has 1 aromatic heterocycles. The van der Waals surface area contributed by atoms with E-state index in [-0.39, 0.29) is 6.17 Å². The molecule has 28 heavy (non-hydrogen) atoms. The zero-order chi connectivity index (χ0) is 18.9. The second kappa shape index (κ2) is 7.08. The van der Waals surface area contributed by atoms with Crippen LogP contribution in [0.4, 0.5) is 5.69 Å². The molecule has 0 aliphatic heterocycles. The number of nitrogens with one attached hydrogen (secondary N) is 1. The van der Waals surface area contributed by atoms with E-state index >= 15 is 0 Å². The Morgan fingerprint density at radius 3 is 2.54 bits per heavy atom. The minimum Gasteiger partial charge on any atom is -0.366 e. The van der Waals surface area contributed by atoms with E-state index in [0.29, 0.717) is 0 Å². The van der Waals surface area contributed by atoms with Crippen LogP contribution < -0.4 is 11.1 Å². The van der Waals surface area contributed by atoms with Gasteiger partial charge in [0.15, 0.2) is 0 Å². The van der Waals surface area contributed by atoms with Gasteiger partial charge in [-0.3, -0.25) is 0 Å². The van der Waals surface area contributed by atoms with Gasteiger partial charge in [0.1, 0.15) is 11.2 Å². The van der Waals surface area contributed by atoms with Gasteiger partial charge in [0.25, 0.3) is 0 Å². The fourth-order valence-corrected chi connectivity index (χ4v) is 4.48. The van der Waals surface area contributed by atoms with Crippen LogP contribution in [-0.4, -0.2) is 4.98 Å². The third kappa shape index (κ3) is 3.13. The molecule has 0 amide bonds. The molecule has 3 nitrogen and oxygen atoms in total. The topological polar surface area (TPSA) is 50.9 Å². The highest BCUT2D eigenvalue weighted by atomic mass is 32.1. The third-order valence-electron chi connectivity index (χ3n) is 4.88. The molecular weight excluding hydrogens is 362 g/mol. The fraction of sp³-hybridized carbons (Fsp3) is 0.0417. The summed E-state index contributed by atoms with van der Waals surface area (Å²) in [5.74, 6) is 0. The monoisotopic (exact) mass is 381 g/mol. The molecule has 0 saturated carbocycles. The molecular formula is C24H19N3S. The molecule has 0 spiro atoms. The Hall–Kier alpha value is -3.21. The van der Waals surface area contributed by atoms with Gasteiger partial charge in [-0.15, -0.1) is 11.3 Å². The summed E-state index contributed by atoms with van der Waals surface area (Å²) < 4.78 is 1.20. The normalized spacial score (nSPS) is 12.3. The number of para-hydroxylation sites is 1. The Kier molecular flexibility index (Phi) is 4.28. The van der Waals surface area contributed by atoms with E-state index in [1.807, 2.05) is 42.5 Å². The molecule has 0 bridgehead atoms. The quantitative estimate of drug-likeness (QED) is 0.365. The highest BCUT2D eigenvalue weighted by Crippen LogP contribution is 2.32. The first-order valence-electron chi connectivity index (χ1n) is 9.24. The molecule has 5 aromatic rings. The number of nitrogens with zero attached hydrogens (tertiary/aromatic N) is 1. The first-order valence-corrected chi connectivity index (χ1v) is 10.1. The van der Waals surface area contributed by atoms with Crippen molar-refractivity contribution in [1.82, 2.24) is 4.98 Å². The second-order valence-electron chi connectivity index (χ2n) is 6.76. The van der Waals surface area contributed by atoms with Gasteiger partial charge in [0.05, 0.1) is 10.2 Å². The summed E-state index contributed by atoms with van der Waals surface area (Å²) in [7, 11) is 0. The summed E-state index contributed by atoms with van der Waals surface area (Å²) in [6.07, 6.45) is -0.295. The largest absolute Gasteiger partial charge is 0.366 e. The van der Waals surface area contributed by atoms with E-state index in [2.05, 4.69) is 53.8 Å². The number of anilines is 1. The predicted molar refractivity (Wildman–Crippen MR) is 120 cm³/mol. The van der Waals surface area contributed by atoms with Crippen LogP contribution in [-0.2, 0) is 0 Å². The number of hydrogen-bond acceptors (Lipinski definition) is 4. The van der Waals surface area contributed by atoms with Crippen LogP contribution in [0.25, 0.3) is 31.6 Å². The van der Waals surface area contributed by atoms with Crippen molar-refractivity contribution in [2.45, 2.75) is 6.17 Å². The van der Waals surface area contributed by atoms with Gasteiger partial charge in [-0.1, -0.05) is 66.7 Å². The zero-order valence-corrected chi connectivity index (χ0v) is 16.0. The van der Waals surface area contributed by atoms with Crippen LogP contribution in [0.15, 0.2) is 91.0 Å². The van der Waals surface area contributed by atoms with Crippen LogP contribution in [0, 0.1) is 0 Å². The molecule has 0 radical (unpaired) electrons. The molecule has 0 fully saturated rings. The number of hydrogen-bond donors (Lipinski definition) is 2. The zero-order valence-electron chi connectivity index (χ0n) is 15.2. The molecule has 5 rings (SSSR count). The Balaban J connectivity index is 1.46. The molecule has 0 aliphatic rings. The van der Waals surface area contributed by atoms with Crippen molar-refractivity contribution in [3.63, 3.8) is 0 Å². The van der Waals surface area contributed by atoms with E-state index in [1.165, 1.54) is 15.5 Å². The molecule has 0 saturated heterocycles. The molecule has 4 heteroatoms. The van der Waals surface area contributed by atoms with Gasteiger partial charge in [-0.25, -0.2) is 4.98 Å². The van der Waals surface area contributed by atoms with Gasteiger partial charge in [-0.05, 0) is 40.6 Å². The lowest BCUT2D eigenvalue weighted by Gasteiger charge is -2.18. The molecule has 3 N–H and O–H groups in total. The molecule has 1 atom stereocenters. The second-order valence-corrected chi connectivity index (χ2v) is 7.79. The third-order valence-corrected chi connectivity index (χ3v) is 5.97. The summed E-state index contributed by atoms with van der Waals surface area (Å²) >= 11 is 1.71. The van der Waals surface area contributed by atoms with Crippen LogP contribution in [0.1, 0.15) is 11.7 Å². The van der Waals surface area contributed by atoms with E-state index in [0.717, 1.165) is 27.3 Å². The van der Waals surface area contributed by atoms with Gasteiger partial charge in [0.2, 0.25) is 0 Å². The van der Waals surface area contributed by atoms with Crippen molar-refractivity contribution >= 4 is 38.0 Å². The van der Waals surface area contributed by atoms with E-state index < -0.39 is 0 Å². The Labute approximate surface area is 167 Å². The predicted octanol–water partition coefficient (Wildman–Crippen LogP) is 6.19. The van der Waals surface area contributed by atoms with Crippen molar-refractivity contribution in [2.24, 2.45) is 5.73 Å². The highest BCUT2D eigenvalue weighted by molar-refractivity contribution is 7.21. The Morgan fingerprint density at radius 1 is 0.821 bits per heavy atom. The van der Waals surface area contributed by atoms with Crippen molar-refractivity contribution < 1.29 is 0 Å². The summed E-state index contributed by atoms with van der Waals surface area (Å²) in [5.41, 5.74) is 10.7. The van der Waals surface area contributed by atoms with Crippen molar-refractivity contribution in [2.75, 3.05) is 5.32 Å². The summed E-state index contributed by atoms with van der Waals surface area (Å²) in [6.45, 7) is 0. The summed E-state index contributed by atoms with van der Waals surface area (Å²) in [4.78, 5) is 4.76. The van der Waals surface area contributed by atoms with E-state index in [1.54, 1.807) is 11.3 Å². The molecule has 0 aliphatic carbocycles. The molecule has 136 valence electrons. The lowest BCUT2D eigenvalue weighted by atomic mass is 10.0. The minimum absolute atomic E-state index is 0.295. The smallest absolute Gasteiger partial charge is 0.124 e. The lowest BCUT2D eigenvalue weighted by molar-refractivity contribution is 0.845. The van der Waals surface area contributed by atoms with Crippen LogP contribution in [0.2, 0.25) is 0 Å². The number of aromatic nitrogens is 1. The first-order chi connectivity index (χ1) is 13.8. The molecule has 4 aromatic carbocycles. The maximum atomic E-state index is 6.52. The number of benzene rings is 4. The van der Waals surface area contributed by atoms with Crippen LogP contribution >= 0.6 is 11.3 Å². The molecule has 1 heterocycles. The Morgan fingerprint density at radius 2 is 1.61 bits per heavy atom. The maximum Gasteiger partial charge on any atom is 0.124 e. The van der Waals surface area contributed by atoms with Gasteiger partial charge in [0, 0.05) is 11.3 Å². The standard InChI is InChI=1S/C24H19N3S/c25-23(20-12-6-8-16-7-1-2-11-19(16)20)26-18-10-5-9-17(15-18)24-27-21-13-3-4-14-22(21)28-24/h1-15,23,26H,25H2.